The first-order chi connectivity index (χ1) is 13.6. The molecular formula is C21H26N2O5S. The molecule has 1 atom stereocenters. The Morgan fingerprint density at radius 3 is 2.59 bits per heavy atom. The number of hydrogen-bond acceptors (Lipinski definition) is 5. The van der Waals surface area contributed by atoms with Gasteiger partial charge in [0.25, 0.3) is 0 Å². The zero-order chi connectivity index (χ0) is 21.2. The van der Waals surface area contributed by atoms with E-state index in [9.17, 15) is 13.2 Å². The molecule has 156 valence electrons. The molecule has 0 saturated carbocycles. The summed E-state index contributed by atoms with van der Waals surface area (Å²) in [6.07, 6.45) is 0.563. The Balaban J connectivity index is 1.75. The molecule has 8 heteroatoms. The molecule has 1 unspecified atom stereocenters. The summed E-state index contributed by atoms with van der Waals surface area (Å²) in [4.78, 5) is 12.8. The molecule has 7 nitrogen and oxygen atoms in total. The van der Waals surface area contributed by atoms with Gasteiger partial charge in [-0.2, -0.15) is 4.31 Å². The van der Waals surface area contributed by atoms with Crippen molar-refractivity contribution in [2.24, 2.45) is 0 Å². The number of sulfonamides is 1. The minimum Gasteiger partial charge on any atom is -0.497 e. The van der Waals surface area contributed by atoms with Gasteiger partial charge in [-0.3, -0.25) is 4.79 Å². The smallest absolute Gasteiger partial charge is 0.243 e. The fourth-order valence-corrected chi connectivity index (χ4v) is 4.54. The number of nitrogens with one attached hydrogen (secondary N) is 1. The molecule has 0 spiro atoms. The number of hydrogen-bond donors (Lipinski definition) is 1. The molecule has 1 aliphatic rings. The van der Waals surface area contributed by atoms with Gasteiger partial charge in [0.2, 0.25) is 15.9 Å². The lowest BCUT2D eigenvalue weighted by atomic mass is 9.89. The minimum atomic E-state index is -3.74. The Morgan fingerprint density at radius 2 is 1.93 bits per heavy atom. The van der Waals surface area contributed by atoms with Crippen molar-refractivity contribution < 1.29 is 22.7 Å². The molecule has 1 aliphatic heterocycles. The summed E-state index contributed by atoms with van der Waals surface area (Å²) in [7, 11) is -0.757. The number of amides is 1. The predicted molar refractivity (Wildman–Crippen MR) is 109 cm³/mol. The van der Waals surface area contributed by atoms with Crippen LogP contribution in [0.1, 0.15) is 31.9 Å². The SMILES string of the molecule is COc1ccc2c(c1)OC(C)(C)CC2NC(=O)CN(C)S(=O)(=O)c1ccccc1. The molecule has 1 amide bonds. The summed E-state index contributed by atoms with van der Waals surface area (Å²) in [5, 5.41) is 2.96. The highest BCUT2D eigenvalue weighted by molar-refractivity contribution is 7.89. The molecule has 2 aromatic carbocycles. The number of methoxy groups -OCH3 is 1. The average Bonchev–Trinajstić information content (AvgIpc) is 2.67. The van der Waals surface area contributed by atoms with Gasteiger partial charge in [0.1, 0.15) is 17.1 Å². The molecule has 0 aromatic heterocycles. The molecular weight excluding hydrogens is 392 g/mol. The number of likely N-dealkylation sites (N-methyl/N-ethyl adjacent to an activating group) is 1. The molecule has 29 heavy (non-hydrogen) atoms. The molecule has 0 fully saturated rings. The number of carbonyl (C=O) groups excluding carboxylic acids is 1. The maximum atomic E-state index is 12.7. The molecule has 3 rings (SSSR count). The number of benzene rings is 2. The molecule has 0 bridgehead atoms. The van der Waals surface area contributed by atoms with Gasteiger partial charge in [-0.1, -0.05) is 18.2 Å². The Bertz CT molecular complexity index is 989. The average molecular weight is 419 g/mol. The van der Waals surface area contributed by atoms with Crippen molar-refractivity contribution in [3.8, 4) is 11.5 Å². The Kier molecular flexibility index (Phi) is 5.86. The zero-order valence-corrected chi connectivity index (χ0v) is 17.8. The van der Waals surface area contributed by atoms with Crippen molar-refractivity contribution in [3.63, 3.8) is 0 Å². The van der Waals surface area contributed by atoms with Gasteiger partial charge in [-0.15, -0.1) is 0 Å². The second-order valence-electron chi connectivity index (χ2n) is 7.66. The monoisotopic (exact) mass is 418 g/mol. The van der Waals surface area contributed by atoms with Gasteiger partial charge >= 0.3 is 0 Å². The molecule has 0 aliphatic carbocycles. The van der Waals surface area contributed by atoms with Crippen LogP contribution in [-0.4, -0.2) is 44.9 Å². The van der Waals surface area contributed by atoms with Crippen molar-refractivity contribution in [3.05, 3.63) is 54.1 Å². The number of rotatable bonds is 6. The van der Waals surface area contributed by atoms with Crippen molar-refractivity contribution in [2.75, 3.05) is 20.7 Å². The van der Waals surface area contributed by atoms with E-state index in [0.717, 1.165) is 9.87 Å². The molecule has 0 saturated heterocycles. The predicted octanol–water partition coefficient (Wildman–Crippen LogP) is 2.73. The lowest BCUT2D eigenvalue weighted by Gasteiger charge is -2.38. The van der Waals surface area contributed by atoms with Crippen molar-refractivity contribution >= 4 is 15.9 Å². The Morgan fingerprint density at radius 1 is 1.24 bits per heavy atom. The third-order valence-corrected chi connectivity index (χ3v) is 6.65. The number of carbonyl (C=O) groups is 1. The van der Waals surface area contributed by atoms with Crippen LogP contribution in [0, 0.1) is 0 Å². The van der Waals surface area contributed by atoms with E-state index in [1.807, 2.05) is 26.0 Å². The summed E-state index contributed by atoms with van der Waals surface area (Å²) in [6, 6.07) is 13.2. The molecule has 1 heterocycles. The maximum absolute atomic E-state index is 12.7. The largest absolute Gasteiger partial charge is 0.497 e. The maximum Gasteiger partial charge on any atom is 0.243 e. The van der Waals surface area contributed by atoms with E-state index in [1.165, 1.54) is 19.2 Å². The van der Waals surface area contributed by atoms with E-state index < -0.39 is 15.6 Å². The van der Waals surface area contributed by atoms with E-state index in [2.05, 4.69) is 5.32 Å². The fraction of sp³-hybridized carbons (Fsp3) is 0.381. The summed E-state index contributed by atoms with van der Waals surface area (Å²) < 4.78 is 37.6. The van der Waals surface area contributed by atoms with Crippen LogP contribution in [-0.2, 0) is 14.8 Å². The number of nitrogens with zero attached hydrogens (tertiary/aromatic N) is 1. The Hall–Kier alpha value is -2.58. The van der Waals surface area contributed by atoms with Crippen molar-refractivity contribution in [1.82, 2.24) is 9.62 Å². The third-order valence-electron chi connectivity index (χ3n) is 4.83. The fourth-order valence-electron chi connectivity index (χ4n) is 3.39. The van der Waals surface area contributed by atoms with Gasteiger partial charge in [-0.25, -0.2) is 8.42 Å². The Labute approximate surface area is 171 Å². The second-order valence-corrected chi connectivity index (χ2v) is 9.71. The molecule has 1 N–H and O–H groups in total. The van der Waals surface area contributed by atoms with E-state index in [0.29, 0.717) is 17.9 Å². The van der Waals surface area contributed by atoms with E-state index in [1.54, 1.807) is 31.4 Å². The van der Waals surface area contributed by atoms with Crippen LogP contribution in [0.2, 0.25) is 0 Å². The zero-order valence-electron chi connectivity index (χ0n) is 17.0. The number of fused-ring (bicyclic) bond motifs is 1. The van der Waals surface area contributed by atoms with Crippen LogP contribution in [0.4, 0.5) is 0 Å². The van der Waals surface area contributed by atoms with E-state index in [-0.39, 0.29) is 23.4 Å². The number of ether oxygens (including phenoxy) is 2. The van der Waals surface area contributed by atoms with Crippen LogP contribution >= 0.6 is 0 Å². The van der Waals surface area contributed by atoms with Crippen LogP contribution in [0.25, 0.3) is 0 Å². The first kappa shape index (κ1) is 21.1. The summed E-state index contributed by atoms with van der Waals surface area (Å²) in [5.41, 5.74) is 0.353. The highest BCUT2D eigenvalue weighted by Gasteiger charge is 2.35. The van der Waals surface area contributed by atoms with Gasteiger partial charge in [0.15, 0.2) is 0 Å². The first-order valence-corrected chi connectivity index (χ1v) is 10.7. The topological polar surface area (TPSA) is 84.9 Å². The van der Waals surface area contributed by atoms with Gasteiger partial charge in [0, 0.05) is 25.1 Å². The normalized spacial score (nSPS) is 17.9. The summed E-state index contributed by atoms with van der Waals surface area (Å²) >= 11 is 0. The summed E-state index contributed by atoms with van der Waals surface area (Å²) in [6.45, 7) is 3.61. The van der Waals surface area contributed by atoms with E-state index in [4.69, 9.17) is 9.47 Å². The van der Waals surface area contributed by atoms with Crippen molar-refractivity contribution in [2.45, 2.75) is 36.8 Å². The summed E-state index contributed by atoms with van der Waals surface area (Å²) in [5.74, 6) is 0.938. The van der Waals surface area contributed by atoms with Gasteiger partial charge < -0.3 is 14.8 Å². The van der Waals surface area contributed by atoms with Gasteiger partial charge in [0.05, 0.1) is 24.6 Å². The van der Waals surface area contributed by atoms with Crippen LogP contribution in [0.5, 0.6) is 11.5 Å². The molecule has 0 radical (unpaired) electrons. The van der Waals surface area contributed by atoms with Crippen molar-refractivity contribution in [1.29, 1.82) is 0 Å². The van der Waals surface area contributed by atoms with Crippen LogP contribution in [0.3, 0.4) is 0 Å². The minimum absolute atomic E-state index is 0.153. The highest BCUT2D eigenvalue weighted by atomic mass is 32.2. The van der Waals surface area contributed by atoms with Gasteiger partial charge in [-0.05, 0) is 38.1 Å². The lowest BCUT2D eigenvalue weighted by Crippen LogP contribution is -2.44. The first-order valence-electron chi connectivity index (χ1n) is 9.30. The quantitative estimate of drug-likeness (QED) is 0.780. The van der Waals surface area contributed by atoms with E-state index >= 15 is 0 Å². The molecule has 2 aromatic rings. The highest BCUT2D eigenvalue weighted by Crippen LogP contribution is 2.41. The standard InChI is InChI=1S/C21H26N2O5S/c1-21(2)13-18(17-11-10-15(27-4)12-19(17)28-21)22-20(24)14-23(3)29(25,26)16-8-6-5-7-9-16/h5-12,18H,13-14H2,1-4H3,(H,22,24). The third kappa shape index (κ3) is 4.71. The lowest BCUT2D eigenvalue weighted by molar-refractivity contribution is -0.122. The van der Waals surface area contributed by atoms with Crippen LogP contribution in [0.15, 0.2) is 53.4 Å². The van der Waals surface area contributed by atoms with Crippen LogP contribution < -0.4 is 14.8 Å². The second kappa shape index (κ2) is 8.04.